The van der Waals surface area contributed by atoms with E-state index in [4.69, 9.17) is 5.11 Å². The second-order valence-corrected chi connectivity index (χ2v) is 3.70. The number of imidazole rings is 1. The lowest BCUT2D eigenvalue weighted by molar-refractivity contribution is 0.288. The van der Waals surface area contributed by atoms with Gasteiger partial charge in [0, 0.05) is 18.9 Å². The summed E-state index contributed by atoms with van der Waals surface area (Å²) in [4.78, 5) is 4.09. The number of nitrogens with zero attached hydrogens (tertiary/aromatic N) is 2. The maximum absolute atomic E-state index is 13.5. The fraction of sp³-hybridized carbons (Fsp3) is 0.250. The first-order chi connectivity index (χ1) is 8.20. The second kappa shape index (κ2) is 5.05. The number of hydrogen-bond donors (Lipinski definition) is 1. The van der Waals surface area contributed by atoms with Gasteiger partial charge in [0.25, 0.3) is 0 Å². The number of rotatable bonds is 4. The highest BCUT2D eigenvalue weighted by molar-refractivity contribution is 5.34. The summed E-state index contributed by atoms with van der Waals surface area (Å²) in [5.41, 5.74) is 1.02. The molecule has 90 valence electrons. The van der Waals surface area contributed by atoms with Crippen LogP contribution in [0, 0.1) is 11.6 Å². The van der Waals surface area contributed by atoms with E-state index in [2.05, 4.69) is 4.98 Å². The van der Waals surface area contributed by atoms with Crippen LogP contribution in [0.1, 0.15) is 12.1 Å². The predicted octanol–water partition coefficient (Wildman–Crippen LogP) is 2.08. The molecule has 0 fully saturated rings. The van der Waals surface area contributed by atoms with Gasteiger partial charge >= 0.3 is 0 Å². The van der Waals surface area contributed by atoms with E-state index in [0.717, 1.165) is 11.8 Å². The van der Waals surface area contributed by atoms with Crippen molar-refractivity contribution in [2.24, 2.45) is 0 Å². The van der Waals surface area contributed by atoms with Crippen molar-refractivity contribution in [2.45, 2.75) is 12.8 Å². The van der Waals surface area contributed by atoms with Gasteiger partial charge in [-0.05, 0) is 25.0 Å². The molecular formula is C12H12F2N2O. The zero-order valence-electron chi connectivity index (χ0n) is 9.11. The molecule has 1 aromatic heterocycles. The number of halogens is 2. The summed E-state index contributed by atoms with van der Waals surface area (Å²) < 4.78 is 27.7. The lowest BCUT2D eigenvalue weighted by atomic mass is 10.2. The fourth-order valence-corrected chi connectivity index (χ4v) is 1.58. The van der Waals surface area contributed by atoms with Gasteiger partial charge in [0.1, 0.15) is 11.6 Å². The van der Waals surface area contributed by atoms with Crippen molar-refractivity contribution in [1.29, 1.82) is 0 Å². The topological polar surface area (TPSA) is 38.0 Å². The quantitative estimate of drug-likeness (QED) is 0.885. The van der Waals surface area contributed by atoms with Crippen LogP contribution in [0.2, 0.25) is 0 Å². The number of aryl methyl sites for hydroxylation is 1. The van der Waals surface area contributed by atoms with Gasteiger partial charge in [-0.2, -0.15) is 0 Å². The Morgan fingerprint density at radius 1 is 1.29 bits per heavy atom. The molecule has 0 unspecified atom stereocenters. The van der Waals surface area contributed by atoms with E-state index in [0.29, 0.717) is 12.8 Å². The molecule has 0 saturated heterocycles. The molecule has 0 aliphatic heterocycles. The monoisotopic (exact) mass is 238 g/mol. The first kappa shape index (κ1) is 11.7. The summed E-state index contributed by atoms with van der Waals surface area (Å²) in [6.45, 7) is 0.0950. The van der Waals surface area contributed by atoms with Crippen molar-refractivity contribution < 1.29 is 13.9 Å². The number of aromatic nitrogens is 2. The molecule has 1 heterocycles. The van der Waals surface area contributed by atoms with Gasteiger partial charge in [-0.25, -0.2) is 13.8 Å². The van der Waals surface area contributed by atoms with Crippen LogP contribution in [0.25, 0.3) is 5.69 Å². The van der Waals surface area contributed by atoms with Crippen LogP contribution in [0.4, 0.5) is 8.78 Å². The Bertz CT molecular complexity index is 511. The maximum Gasteiger partial charge on any atom is 0.150 e. The molecule has 0 aliphatic carbocycles. The van der Waals surface area contributed by atoms with Crippen molar-refractivity contribution in [1.82, 2.24) is 9.55 Å². The van der Waals surface area contributed by atoms with Crippen LogP contribution < -0.4 is 0 Å². The second-order valence-electron chi connectivity index (χ2n) is 3.70. The molecule has 0 atom stereocenters. The molecule has 0 amide bonds. The number of aliphatic hydroxyl groups excluding tert-OH is 1. The summed E-state index contributed by atoms with van der Waals surface area (Å²) in [6, 6.07) is 3.40. The van der Waals surface area contributed by atoms with E-state index < -0.39 is 11.6 Å². The molecule has 0 spiro atoms. The van der Waals surface area contributed by atoms with Crippen LogP contribution in [-0.4, -0.2) is 21.3 Å². The zero-order valence-corrected chi connectivity index (χ0v) is 9.11. The fourth-order valence-electron chi connectivity index (χ4n) is 1.58. The van der Waals surface area contributed by atoms with E-state index in [1.54, 1.807) is 6.20 Å². The summed E-state index contributed by atoms with van der Waals surface area (Å²) >= 11 is 0. The van der Waals surface area contributed by atoms with Gasteiger partial charge in [-0.15, -0.1) is 0 Å². The molecule has 0 bridgehead atoms. The molecule has 0 radical (unpaired) electrons. The van der Waals surface area contributed by atoms with Gasteiger partial charge in [0.2, 0.25) is 0 Å². The third-order valence-corrected chi connectivity index (χ3v) is 2.41. The Hall–Kier alpha value is -1.75. The van der Waals surface area contributed by atoms with Gasteiger partial charge in [-0.1, -0.05) is 0 Å². The summed E-state index contributed by atoms with van der Waals surface area (Å²) in [5.74, 6) is -1.23. The molecule has 17 heavy (non-hydrogen) atoms. The Morgan fingerprint density at radius 3 is 2.82 bits per heavy atom. The first-order valence-corrected chi connectivity index (χ1v) is 5.30. The first-order valence-electron chi connectivity index (χ1n) is 5.30. The van der Waals surface area contributed by atoms with Crippen LogP contribution in [0.3, 0.4) is 0 Å². The summed E-state index contributed by atoms with van der Waals surface area (Å²) in [7, 11) is 0. The van der Waals surface area contributed by atoms with Crippen LogP contribution >= 0.6 is 0 Å². The zero-order chi connectivity index (χ0) is 12.3. The smallest absolute Gasteiger partial charge is 0.150 e. The Kier molecular flexibility index (Phi) is 3.49. The normalized spacial score (nSPS) is 10.8. The SMILES string of the molecule is OCCCc1cn(-c2ccc(F)cc2F)cn1. The van der Waals surface area contributed by atoms with E-state index in [1.165, 1.54) is 23.0 Å². The van der Waals surface area contributed by atoms with Gasteiger partial charge in [-0.3, -0.25) is 0 Å². The van der Waals surface area contributed by atoms with Crippen molar-refractivity contribution in [2.75, 3.05) is 6.61 Å². The van der Waals surface area contributed by atoms with Crippen molar-refractivity contribution in [3.63, 3.8) is 0 Å². The minimum absolute atomic E-state index is 0.0950. The highest BCUT2D eigenvalue weighted by atomic mass is 19.1. The van der Waals surface area contributed by atoms with Gasteiger partial charge < -0.3 is 9.67 Å². The largest absolute Gasteiger partial charge is 0.396 e. The van der Waals surface area contributed by atoms with Crippen molar-refractivity contribution in [3.05, 3.63) is 48.1 Å². The van der Waals surface area contributed by atoms with E-state index >= 15 is 0 Å². The lowest BCUT2D eigenvalue weighted by Gasteiger charge is -2.03. The highest BCUT2D eigenvalue weighted by Crippen LogP contribution is 2.15. The summed E-state index contributed by atoms with van der Waals surface area (Å²) in [6.07, 6.45) is 4.39. The van der Waals surface area contributed by atoms with E-state index in [9.17, 15) is 8.78 Å². The van der Waals surface area contributed by atoms with Gasteiger partial charge in [0.15, 0.2) is 0 Å². The van der Waals surface area contributed by atoms with Crippen molar-refractivity contribution >= 4 is 0 Å². The number of aliphatic hydroxyl groups is 1. The average Bonchev–Trinajstić information content (AvgIpc) is 2.75. The standard InChI is InChI=1S/C12H12F2N2O/c13-9-3-4-12(11(14)6-9)16-7-10(15-8-16)2-1-5-17/h3-4,6-8,17H,1-2,5H2. The number of benzene rings is 1. The molecular weight excluding hydrogens is 226 g/mol. The van der Waals surface area contributed by atoms with Crippen LogP contribution in [0.5, 0.6) is 0 Å². The predicted molar refractivity (Wildman–Crippen MR) is 58.9 cm³/mol. The Labute approximate surface area is 97.3 Å². The Morgan fingerprint density at radius 2 is 2.12 bits per heavy atom. The third kappa shape index (κ3) is 2.68. The molecule has 2 rings (SSSR count). The van der Waals surface area contributed by atoms with Gasteiger partial charge in [0.05, 0.1) is 17.7 Å². The minimum atomic E-state index is -0.629. The van der Waals surface area contributed by atoms with Crippen LogP contribution in [0.15, 0.2) is 30.7 Å². The molecule has 0 saturated carbocycles. The van der Waals surface area contributed by atoms with Crippen LogP contribution in [-0.2, 0) is 6.42 Å². The number of hydrogen-bond acceptors (Lipinski definition) is 2. The average molecular weight is 238 g/mol. The molecule has 0 aliphatic rings. The minimum Gasteiger partial charge on any atom is -0.396 e. The third-order valence-electron chi connectivity index (χ3n) is 2.41. The lowest BCUT2D eigenvalue weighted by Crippen LogP contribution is -1.95. The maximum atomic E-state index is 13.5. The molecule has 1 aromatic carbocycles. The summed E-state index contributed by atoms with van der Waals surface area (Å²) in [5, 5.41) is 8.69. The Balaban J connectivity index is 2.24. The molecule has 3 nitrogen and oxygen atoms in total. The highest BCUT2D eigenvalue weighted by Gasteiger charge is 2.07. The van der Waals surface area contributed by atoms with Crippen molar-refractivity contribution in [3.8, 4) is 5.69 Å². The molecule has 2 aromatic rings. The molecule has 1 N–H and O–H groups in total. The van der Waals surface area contributed by atoms with E-state index in [-0.39, 0.29) is 12.3 Å². The molecule has 5 heteroatoms. The van der Waals surface area contributed by atoms with E-state index in [1.807, 2.05) is 0 Å².